The van der Waals surface area contributed by atoms with Gasteiger partial charge in [0.05, 0.1) is 42.3 Å². The number of imidazole rings is 1. The molecule has 4 aromatic heterocycles. The molecule has 5 rings (SSSR count). The maximum Gasteiger partial charge on any atom is 0.334 e. The minimum atomic E-state index is -0.692. The van der Waals surface area contributed by atoms with Gasteiger partial charge in [0.25, 0.3) is 0 Å². The van der Waals surface area contributed by atoms with Gasteiger partial charge in [0.15, 0.2) is 11.6 Å². The number of methoxy groups -OCH3 is 1. The molecule has 172 valence electrons. The Hall–Kier alpha value is -4.47. The fourth-order valence-electron chi connectivity index (χ4n) is 3.99. The van der Waals surface area contributed by atoms with E-state index in [9.17, 15) is 4.79 Å². The van der Waals surface area contributed by atoms with Gasteiger partial charge in [-0.1, -0.05) is 12.7 Å². The van der Waals surface area contributed by atoms with Gasteiger partial charge in [0.1, 0.15) is 18.1 Å². The van der Waals surface area contributed by atoms with Crippen molar-refractivity contribution < 1.29 is 13.9 Å². The third-order valence-corrected chi connectivity index (χ3v) is 5.60. The molecule has 1 aromatic carbocycles. The van der Waals surface area contributed by atoms with E-state index in [4.69, 9.17) is 9.47 Å². The van der Waals surface area contributed by atoms with Crippen LogP contribution in [0.3, 0.4) is 0 Å². The van der Waals surface area contributed by atoms with Gasteiger partial charge in [-0.3, -0.25) is 14.2 Å². The maximum absolute atomic E-state index is 15.2. The molecule has 0 amide bonds. The first-order chi connectivity index (χ1) is 16.4. The molecule has 0 aliphatic rings. The lowest BCUT2D eigenvalue weighted by atomic mass is 10.0. The summed E-state index contributed by atoms with van der Waals surface area (Å²) in [5.41, 5.74) is 2.75. The minimum Gasteiger partial charge on any atom is -0.496 e. The molecule has 0 aliphatic heterocycles. The van der Waals surface area contributed by atoms with E-state index in [1.807, 2.05) is 19.3 Å². The zero-order valence-electron chi connectivity index (χ0n) is 18.8. The Morgan fingerprint density at radius 3 is 2.65 bits per heavy atom. The first-order valence-electron chi connectivity index (χ1n) is 10.4. The Labute approximate surface area is 193 Å². The van der Waals surface area contributed by atoms with E-state index in [0.717, 1.165) is 11.1 Å². The predicted octanol–water partition coefficient (Wildman–Crippen LogP) is 3.39. The van der Waals surface area contributed by atoms with Crippen molar-refractivity contribution in [3.63, 3.8) is 0 Å². The van der Waals surface area contributed by atoms with Crippen LogP contribution in [0.4, 0.5) is 4.39 Å². The lowest BCUT2D eigenvalue weighted by molar-refractivity contribution is 0.358. The zero-order valence-corrected chi connectivity index (χ0v) is 18.8. The van der Waals surface area contributed by atoms with E-state index in [0.29, 0.717) is 27.7 Å². The lowest BCUT2D eigenvalue weighted by Crippen LogP contribution is -2.22. The second kappa shape index (κ2) is 8.14. The summed E-state index contributed by atoms with van der Waals surface area (Å²) in [7, 11) is 5.01. The van der Waals surface area contributed by atoms with Gasteiger partial charge < -0.3 is 9.47 Å². The standard InChI is InChI=1S/C24H21FN6O3/c1-5-6-34-15-7-18(25)23(27-11-15)31-22-17-8-16(14-10-28-29(2)13-14)21(33-4)9-19(17)26-12-20(22)30(3)24(31)32/h5,7-13H,1,6H2,2-4H3. The van der Waals surface area contributed by atoms with Gasteiger partial charge in [-0.25, -0.2) is 18.7 Å². The van der Waals surface area contributed by atoms with Gasteiger partial charge in [0.2, 0.25) is 0 Å². The number of fused-ring (bicyclic) bond motifs is 3. The smallest absolute Gasteiger partial charge is 0.334 e. The van der Waals surface area contributed by atoms with E-state index >= 15 is 4.39 Å². The summed E-state index contributed by atoms with van der Waals surface area (Å²) in [5, 5.41) is 4.89. The molecule has 0 radical (unpaired) electrons. The first kappa shape index (κ1) is 21.4. The van der Waals surface area contributed by atoms with Crippen LogP contribution in [0.2, 0.25) is 0 Å². The maximum atomic E-state index is 15.2. The molecule has 0 atom stereocenters. The molecule has 34 heavy (non-hydrogen) atoms. The molecule has 0 unspecified atom stereocenters. The molecule has 0 fully saturated rings. The number of aromatic nitrogens is 6. The van der Waals surface area contributed by atoms with E-state index in [-0.39, 0.29) is 18.2 Å². The Bertz CT molecular complexity index is 1630. The van der Waals surface area contributed by atoms with Gasteiger partial charge in [-0.2, -0.15) is 5.10 Å². The molecule has 10 heteroatoms. The van der Waals surface area contributed by atoms with Crippen LogP contribution >= 0.6 is 0 Å². The lowest BCUT2D eigenvalue weighted by Gasteiger charge is -2.11. The summed E-state index contributed by atoms with van der Waals surface area (Å²) in [4.78, 5) is 22.0. The molecule has 0 saturated heterocycles. The number of hydrogen-bond acceptors (Lipinski definition) is 6. The molecular weight excluding hydrogens is 439 g/mol. The second-order valence-electron chi connectivity index (χ2n) is 7.72. The van der Waals surface area contributed by atoms with Crippen molar-refractivity contribution in [1.82, 2.24) is 28.9 Å². The highest BCUT2D eigenvalue weighted by Gasteiger charge is 2.21. The molecule has 5 aromatic rings. The number of halogens is 1. The first-order valence-corrected chi connectivity index (χ1v) is 10.4. The second-order valence-corrected chi connectivity index (χ2v) is 7.72. The average Bonchev–Trinajstić information content (AvgIpc) is 3.38. The Morgan fingerprint density at radius 1 is 1.15 bits per heavy atom. The number of hydrogen-bond donors (Lipinski definition) is 0. The zero-order chi connectivity index (χ0) is 24.0. The third-order valence-electron chi connectivity index (χ3n) is 5.60. The minimum absolute atomic E-state index is 0.132. The van der Waals surface area contributed by atoms with Crippen LogP contribution < -0.4 is 15.2 Å². The Morgan fingerprint density at radius 2 is 1.97 bits per heavy atom. The number of pyridine rings is 2. The fraction of sp³-hybridized carbons (Fsp3) is 0.167. The van der Waals surface area contributed by atoms with Crippen molar-refractivity contribution in [3.8, 4) is 28.4 Å². The van der Waals surface area contributed by atoms with Gasteiger partial charge in [0, 0.05) is 48.9 Å². The molecule has 0 spiro atoms. The van der Waals surface area contributed by atoms with Gasteiger partial charge in [-0.05, 0) is 6.07 Å². The molecule has 4 heterocycles. The van der Waals surface area contributed by atoms with Crippen LogP contribution in [-0.4, -0.2) is 42.6 Å². The summed E-state index contributed by atoms with van der Waals surface area (Å²) in [5.74, 6) is 0.0182. The number of aryl methyl sites for hydroxylation is 2. The highest BCUT2D eigenvalue weighted by molar-refractivity contribution is 6.05. The van der Waals surface area contributed by atoms with Gasteiger partial charge in [-0.15, -0.1) is 0 Å². The van der Waals surface area contributed by atoms with Crippen molar-refractivity contribution in [1.29, 1.82) is 0 Å². The van der Waals surface area contributed by atoms with E-state index < -0.39 is 11.5 Å². The number of rotatable bonds is 6. The summed E-state index contributed by atoms with van der Waals surface area (Å²) in [6.45, 7) is 3.79. The summed E-state index contributed by atoms with van der Waals surface area (Å²) in [6.07, 6.45) is 8.09. The summed E-state index contributed by atoms with van der Waals surface area (Å²) < 4.78 is 30.5. The third kappa shape index (κ3) is 3.31. The fourth-order valence-corrected chi connectivity index (χ4v) is 3.99. The van der Waals surface area contributed by atoms with Crippen molar-refractivity contribution in [2.45, 2.75) is 0 Å². The summed E-state index contributed by atoms with van der Waals surface area (Å²) in [6, 6.07) is 4.86. The van der Waals surface area contributed by atoms with E-state index in [2.05, 4.69) is 21.6 Å². The molecule has 9 nitrogen and oxygen atoms in total. The van der Waals surface area contributed by atoms with E-state index in [1.165, 1.54) is 21.4 Å². The number of nitrogens with zero attached hydrogens (tertiary/aromatic N) is 6. The number of ether oxygens (including phenoxy) is 2. The molecule has 0 bridgehead atoms. The van der Waals surface area contributed by atoms with Crippen molar-refractivity contribution in [3.05, 3.63) is 71.9 Å². The quantitative estimate of drug-likeness (QED) is 0.361. The van der Waals surface area contributed by atoms with E-state index in [1.54, 1.807) is 43.4 Å². The predicted molar refractivity (Wildman–Crippen MR) is 126 cm³/mol. The Balaban J connectivity index is 1.83. The molecule has 0 N–H and O–H groups in total. The van der Waals surface area contributed by atoms with Crippen LogP contribution in [-0.2, 0) is 14.1 Å². The number of benzene rings is 1. The molecule has 0 saturated carbocycles. The monoisotopic (exact) mass is 460 g/mol. The SMILES string of the molecule is C=CCOc1cnc(-n2c(=O)n(C)c3cnc4cc(OC)c(-c5cnn(C)c5)cc4c32)c(F)c1. The van der Waals surface area contributed by atoms with Crippen molar-refractivity contribution >= 4 is 21.9 Å². The van der Waals surface area contributed by atoms with Gasteiger partial charge >= 0.3 is 5.69 Å². The van der Waals surface area contributed by atoms with Crippen LogP contribution in [0, 0.1) is 5.82 Å². The normalized spacial score (nSPS) is 11.3. The van der Waals surface area contributed by atoms with Crippen molar-refractivity contribution in [2.24, 2.45) is 14.1 Å². The Kier molecular flexibility index (Phi) is 5.12. The van der Waals surface area contributed by atoms with Crippen LogP contribution in [0.15, 0.2) is 60.4 Å². The molecular formula is C24H21FN6O3. The largest absolute Gasteiger partial charge is 0.496 e. The van der Waals surface area contributed by atoms with Crippen LogP contribution in [0.25, 0.3) is 38.9 Å². The van der Waals surface area contributed by atoms with Crippen LogP contribution in [0.5, 0.6) is 11.5 Å². The van der Waals surface area contributed by atoms with Crippen molar-refractivity contribution in [2.75, 3.05) is 13.7 Å². The topological polar surface area (TPSA) is 89.0 Å². The highest BCUT2D eigenvalue weighted by atomic mass is 19.1. The molecule has 0 aliphatic carbocycles. The average molecular weight is 460 g/mol. The van der Waals surface area contributed by atoms with Crippen LogP contribution in [0.1, 0.15) is 0 Å². The summed E-state index contributed by atoms with van der Waals surface area (Å²) >= 11 is 0. The highest BCUT2D eigenvalue weighted by Crippen LogP contribution is 2.36.